The minimum absolute atomic E-state index is 0.411. The van der Waals surface area contributed by atoms with E-state index in [1.54, 1.807) is 0 Å². The number of rotatable bonds is 0. The van der Waals surface area contributed by atoms with E-state index < -0.39 is 0 Å². The van der Waals surface area contributed by atoms with Crippen LogP contribution in [0.15, 0.2) is 23.1 Å². The van der Waals surface area contributed by atoms with Crippen LogP contribution in [-0.4, -0.2) is 19.9 Å². The minimum Gasteiger partial charge on any atom is -0.349 e. The van der Waals surface area contributed by atoms with Crippen LogP contribution in [-0.2, 0) is 0 Å². The third-order valence-corrected chi connectivity index (χ3v) is 2.87. The Morgan fingerprint density at radius 3 is 2.93 bits per heavy atom. The molecule has 0 amide bonds. The molecular weight excluding hydrogens is 279 g/mol. The molecule has 0 radical (unpaired) electrons. The summed E-state index contributed by atoms with van der Waals surface area (Å²) in [6.45, 7) is 0. The number of hydrogen-bond donors (Lipinski definition) is 1. The molecule has 1 N–H and O–H groups in total. The van der Waals surface area contributed by atoms with Gasteiger partial charge in [-0.05, 0) is 28.1 Å². The fourth-order valence-electron chi connectivity index (χ4n) is 1.51. The van der Waals surface area contributed by atoms with Gasteiger partial charge in [-0.3, -0.25) is 0 Å². The van der Waals surface area contributed by atoms with E-state index in [2.05, 4.69) is 35.9 Å². The van der Waals surface area contributed by atoms with Crippen LogP contribution < -0.4 is 0 Å². The van der Waals surface area contributed by atoms with E-state index in [0.717, 1.165) is 26.7 Å². The maximum absolute atomic E-state index is 5.95. The molecule has 0 spiro atoms. The second-order valence-electron chi connectivity index (χ2n) is 3.04. The smallest absolute Gasteiger partial charge is 0.156 e. The van der Waals surface area contributed by atoms with Crippen molar-refractivity contribution in [1.82, 2.24) is 19.9 Å². The van der Waals surface area contributed by atoms with Crippen molar-refractivity contribution in [3.8, 4) is 0 Å². The zero-order valence-corrected chi connectivity index (χ0v) is 9.67. The van der Waals surface area contributed by atoms with E-state index in [1.807, 2.05) is 12.1 Å². The number of fused-ring (bicyclic) bond motifs is 3. The molecule has 15 heavy (non-hydrogen) atoms. The van der Waals surface area contributed by atoms with Gasteiger partial charge in [-0.25, -0.2) is 15.0 Å². The van der Waals surface area contributed by atoms with Gasteiger partial charge < -0.3 is 4.98 Å². The highest BCUT2D eigenvalue weighted by Crippen LogP contribution is 2.26. The monoisotopic (exact) mass is 282 g/mol. The molecule has 3 aromatic heterocycles. The van der Waals surface area contributed by atoms with Crippen LogP contribution >= 0.6 is 27.5 Å². The van der Waals surface area contributed by atoms with Crippen molar-refractivity contribution in [2.45, 2.75) is 0 Å². The minimum atomic E-state index is 0.411. The Hall–Kier alpha value is -1.20. The molecule has 0 aliphatic heterocycles. The molecule has 0 saturated heterocycles. The maximum Gasteiger partial charge on any atom is 0.156 e. The Morgan fingerprint density at radius 2 is 2.07 bits per heavy atom. The molecule has 6 heteroatoms. The van der Waals surface area contributed by atoms with Crippen LogP contribution in [0.3, 0.4) is 0 Å². The highest BCUT2D eigenvalue weighted by molar-refractivity contribution is 9.10. The van der Waals surface area contributed by atoms with Crippen LogP contribution in [0.25, 0.3) is 22.1 Å². The topological polar surface area (TPSA) is 54.5 Å². The fourth-order valence-corrected chi connectivity index (χ4v) is 2.00. The molecule has 0 aliphatic rings. The lowest BCUT2D eigenvalue weighted by Gasteiger charge is -1.91. The third kappa shape index (κ3) is 1.31. The van der Waals surface area contributed by atoms with Gasteiger partial charge in [-0.15, -0.1) is 0 Å². The summed E-state index contributed by atoms with van der Waals surface area (Å²) in [6.07, 6.45) is 1.43. The second-order valence-corrected chi connectivity index (χ2v) is 4.21. The van der Waals surface area contributed by atoms with Gasteiger partial charge in [-0.2, -0.15) is 0 Å². The predicted molar refractivity (Wildman–Crippen MR) is 61.9 cm³/mol. The molecule has 74 valence electrons. The average molecular weight is 284 g/mol. The summed E-state index contributed by atoms with van der Waals surface area (Å²) >= 11 is 9.27. The number of hydrogen-bond acceptors (Lipinski definition) is 3. The molecule has 0 saturated carbocycles. The first-order chi connectivity index (χ1) is 7.25. The molecule has 4 nitrogen and oxygen atoms in total. The zero-order valence-electron chi connectivity index (χ0n) is 7.33. The molecule has 0 fully saturated rings. The predicted octanol–water partition coefficient (Wildman–Crippen LogP) is 2.92. The summed E-state index contributed by atoms with van der Waals surface area (Å²) in [7, 11) is 0. The van der Waals surface area contributed by atoms with Crippen molar-refractivity contribution in [3.63, 3.8) is 0 Å². The first-order valence-electron chi connectivity index (χ1n) is 4.20. The van der Waals surface area contributed by atoms with Crippen LogP contribution in [0, 0.1) is 0 Å². The van der Waals surface area contributed by atoms with E-state index >= 15 is 0 Å². The molecule has 3 aromatic rings. The largest absolute Gasteiger partial charge is 0.349 e. The standard InChI is InChI=1S/C9H4BrClN4/c10-5-2-1-4-6(15-5)7-8(14-4)9(11)13-3-12-7/h1-3,14H. The van der Waals surface area contributed by atoms with Gasteiger partial charge in [-0.1, -0.05) is 11.6 Å². The Kier molecular flexibility index (Phi) is 1.90. The molecule has 0 unspecified atom stereocenters. The highest BCUT2D eigenvalue weighted by Gasteiger charge is 2.10. The molecule has 3 heterocycles. The van der Waals surface area contributed by atoms with Gasteiger partial charge in [0.05, 0.1) is 5.52 Å². The van der Waals surface area contributed by atoms with Gasteiger partial charge >= 0.3 is 0 Å². The number of nitrogens with zero attached hydrogens (tertiary/aromatic N) is 3. The number of aromatic nitrogens is 4. The first-order valence-corrected chi connectivity index (χ1v) is 5.37. The molecular formula is C9H4BrClN4. The zero-order chi connectivity index (χ0) is 10.4. The highest BCUT2D eigenvalue weighted by atomic mass is 79.9. The molecule has 0 atom stereocenters. The molecule has 0 bridgehead atoms. The lowest BCUT2D eigenvalue weighted by molar-refractivity contribution is 1.22. The van der Waals surface area contributed by atoms with E-state index in [1.165, 1.54) is 6.33 Å². The summed E-state index contributed by atoms with van der Waals surface area (Å²) in [5.41, 5.74) is 3.16. The molecule has 3 rings (SSSR count). The van der Waals surface area contributed by atoms with E-state index in [-0.39, 0.29) is 0 Å². The van der Waals surface area contributed by atoms with Crippen LogP contribution in [0.5, 0.6) is 0 Å². The van der Waals surface area contributed by atoms with Crippen molar-refractivity contribution in [2.75, 3.05) is 0 Å². The van der Waals surface area contributed by atoms with E-state index in [0.29, 0.717) is 5.15 Å². The number of H-pyrrole nitrogens is 1. The van der Waals surface area contributed by atoms with E-state index in [9.17, 15) is 0 Å². The van der Waals surface area contributed by atoms with Gasteiger partial charge in [0.1, 0.15) is 27.5 Å². The van der Waals surface area contributed by atoms with Crippen LogP contribution in [0.1, 0.15) is 0 Å². The van der Waals surface area contributed by atoms with Crippen LogP contribution in [0.2, 0.25) is 5.15 Å². The SMILES string of the molecule is Clc1ncnc2c1[nH]c1ccc(Br)nc12. The van der Waals surface area contributed by atoms with Crippen molar-refractivity contribution in [2.24, 2.45) is 0 Å². The first kappa shape index (κ1) is 9.06. The second kappa shape index (κ2) is 3.15. The van der Waals surface area contributed by atoms with Crippen molar-refractivity contribution >= 4 is 49.6 Å². The quantitative estimate of drug-likeness (QED) is 0.510. The van der Waals surface area contributed by atoms with Crippen molar-refractivity contribution in [1.29, 1.82) is 0 Å². The lowest BCUT2D eigenvalue weighted by Crippen LogP contribution is -1.81. The summed E-state index contributed by atoms with van der Waals surface area (Å²) in [4.78, 5) is 15.5. The Balaban J connectivity index is 2.58. The van der Waals surface area contributed by atoms with Crippen molar-refractivity contribution < 1.29 is 0 Å². The summed E-state index contributed by atoms with van der Waals surface area (Å²) in [5, 5.41) is 0.411. The van der Waals surface area contributed by atoms with Gasteiger partial charge in [0, 0.05) is 0 Å². The van der Waals surface area contributed by atoms with Gasteiger partial charge in [0.15, 0.2) is 5.15 Å². The molecule has 0 aromatic carbocycles. The number of nitrogens with one attached hydrogen (secondary N) is 1. The lowest BCUT2D eigenvalue weighted by atomic mass is 10.3. The summed E-state index contributed by atoms with van der Waals surface area (Å²) in [5.74, 6) is 0. The number of pyridine rings is 1. The maximum atomic E-state index is 5.95. The Bertz CT molecular complexity index is 664. The normalized spacial score (nSPS) is 11.3. The number of aromatic amines is 1. The molecule has 0 aliphatic carbocycles. The van der Waals surface area contributed by atoms with E-state index in [4.69, 9.17) is 11.6 Å². The average Bonchev–Trinajstić information content (AvgIpc) is 2.58. The Morgan fingerprint density at radius 1 is 1.20 bits per heavy atom. The van der Waals surface area contributed by atoms with Gasteiger partial charge in [0.25, 0.3) is 0 Å². The third-order valence-electron chi connectivity index (χ3n) is 2.15. The van der Waals surface area contributed by atoms with Crippen LogP contribution in [0.4, 0.5) is 0 Å². The summed E-state index contributed by atoms with van der Waals surface area (Å²) in [6, 6.07) is 3.78. The summed E-state index contributed by atoms with van der Waals surface area (Å²) < 4.78 is 0.769. The fraction of sp³-hybridized carbons (Fsp3) is 0. The number of halogens is 2. The Labute approximate surface area is 97.8 Å². The van der Waals surface area contributed by atoms with Crippen molar-refractivity contribution in [3.05, 3.63) is 28.2 Å². The van der Waals surface area contributed by atoms with Gasteiger partial charge in [0.2, 0.25) is 0 Å².